The van der Waals surface area contributed by atoms with Crippen LogP contribution >= 0.6 is 15.9 Å². The molecule has 1 fully saturated rings. The molecule has 0 unspecified atom stereocenters. The van der Waals surface area contributed by atoms with Crippen LogP contribution in [0, 0.1) is 0 Å². The summed E-state index contributed by atoms with van der Waals surface area (Å²) in [6.07, 6.45) is 7.76. The van der Waals surface area contributed by atoms with Crippen LogP contribution in [0.2, 0.25) is 0 Å². The Bertz CT molecular complexity index is 570. The average molecular weight is 293 g/mol. The number of aromatic nitrogens is 2. The van der Waals surface area contributed by atoms with Gasteiger partial charge >= 0.3 is 0 Å². The van der Waals surface area contributed by atoms with E-state index in [-0.39, 0.29) is 0 Å². The predicted octanol–water partition coefficient (Wildman–Crippen LogP) is 3.57. The van der Waals surface area contributed by atoms with Crippen molar-refractivity contribution in [1.82, 2.24) is 9.38 Å². The number of rotatable bonds is 2. The lowest BCUT2D eigenvalue weighted by Gasteiger charge is -2.07. The molecule has 3 nitrogen and oxygen atoms in total. The number of fused-ring (bicyclic) bond motifs is 1. The summed E-state index contributed by atoms with van der Waals surface area (Å²) in [5.74, 6) is 1.55. The molecule has 0 N–H and O–H groups in total. The number of hydrogen-bond acceptors (Lipinski definition) is 2. The van der Waals surface area contributed by atoms with Crippen LogP contribution in [0.1, 0.15) is 47.9 Å². The van der Waals surface area contributed by atoms with Gasteiger partial charge in [-0.05, 0) is 40.9 Å². The molecule has 4 heteroatoms. The van der Waals surface area contributed by atoms with E-state index in [0.29, 0.717) is 11.6 Å². The van der Waals surface area contributed by atoms with Gasteiger partial charge in [0.25, 0.3) is 0 Å². The highest BCUT2D eigenvalue weighted by Gasteiger charge is 2.23. The normalized spacial score (nSPS) is 16.8. The van der Waals surface area contributed by atoms with Crippen molar-refractivity contribution in [3.63, 3.8) is 0 Å². The van der Waals surface area contributed by atoms with E-state index in [1.54, 1.807) is 0 Å². The molecule has 0 atom stereocenters. The first-order valence-electron chi connectivity index (χ1n) is 5.92. The van der Waals surface area contributed by atoms with Crippen molar-refractivity contribution >= 4 is 27.7 Å². The lowest BCUT2D eigenvalue weighted by Crippen LogP contribution is -1.99. The van der Waals surface area contributed by atoms with Gasteiger partial charge in [0.15, 0.2) is 6.29 Å². The van der Waals surface area contributed by atoms with Crippen molar-refractivity contribution in [3.8, 4) is 0 Å². The fourth-order valence-electron chi connectivity index (χ4n) is 2.67. The Labute approximate surface area is 108 Å². The lowest BCUT2D eigenvalue weighted by atomic mass is 10.1. The Morgan fingerprint density at radius 2 is 2.12 bits per heavy atom. The van der Waals surface area contributed by atoms with E-state index in [9.17, 15) is 4.79 Å². The van der Waals surface area contributed by atoms with Crippen LogP contribution in [0.4, 0.5) is 0 Å². The van der Waals surface area contributed by atoms with Crippen molar-refractivity contribution in [2.45, 2.75) is 31.6 Å². The van der Waals surface area contributed by atoms with Crippen LogP contribution in [0.25, 0.3) is 5.52 Å². The van der Waals surface area contributed by atoms with E-state index in [1.165, 1.54) is 25.7 Å². The highest BCUT2D eigenvalue weighted by molar-refractivity contribution is 9.10. The molecule has 1 aliphatic carbocycles. The van der Waals surface area contributed by atoms with E-state index >= 15 is 0 Å². The molecule has 2 aromatic heterocycles. The maximum Gasteiger partial charge on any atom is 0.170 e. The molecule has 0 aromatic carbocycles. The van der Waals surface area contributed by atoms with Gasteiger partial charge in [0.2, 0.25) is 0 Å². The third-order valence-electron chi connectivity index (χ3n) is 3.49. The highest BCUT2D eigenvalue weighted by atomic mass is 79.9. The summed E-state index contributed by atoms with van der Waals surface area (Å²) in [6, 6.07) is 3.89. The minimum absolute atomic E-state index is 0.505. The highest BCUT2D eigenvalue weighted by Crippen LogP contribution is 2.34. The zero-order valence-electron chi connectivity index (χ0n) is 9.40. The van der Waals surface area contributed by atoms with Crippen molar-refractivity contribution < 1.29 is 4.79 Å². The van der Waals surface area contributed by atoms with Crippen molar-refractivity contribution in [2.75, 3.05) is 0 Å². The first-order valence-corrected chi connectivity index (χ1v) is 6.71. The summed E-state index contributed by atoms with van der Waals surface area (Å²) in [7, 11) is 0. The Morgan fingerprint density at radius 3 is 2.82 bits per heavy atom. The summed E-state index contributed by atoms with van der Waals surface area (Å²) in [5.41, 5.74) is 1.46. The second-order valence-corrected chi connectivity index (χ2v) is 5.47. The number of carbonyl (C=O) groups excluding carboxylic acids is 1. The summed E-state index contributed by atoms with van der Waals surface area (Å²) in [5, 5.41) is 0. The lowest BCUT2D eigenvalue weighted by molar-refractivity contribution is 0.112. The summed E-state index contributed by atoms with van der Waals surface area (Å²) < 4.78 is 3.07. The number of aldehydes is 1. The minimum atomic E-state index is 0.505. The van der Waals surface area contributed by atoms with Crippen molar-refractivity contribution in [1.29, 1.82) is 0 Å². The van der Waals surface area contributed by atoms with Crippen LogP contribution in [0.15, 0.2) is 22.8 Å². The number of nitrogens with zero attached hydrogens (tertiary/aromatic N) is 2. The fraction of sp³-hybridized carbons (Fsp3) is 0.385. The van der Waals surface area contributed by atoms with Gasteiger partial charge < -0.3 is 4.40 Å². The van der Waals surface area contributed by atoms with Crippen LogP contribution in [0.5, 0.6) is 0 Å². The SMILES string of the molecule is O=Cc1nc(C2CCCC2)n2cc(Br)ccc12. The van der Waals surface area contributed by atoms with E-state index in [1.807, 2.05) is 18.3 Å². The quantitative estimate of drug-likeness (QED) is 0.793. The zero-order chi connectivity index (χ0) is 11.8. The van der Waals surface area contributed by atoms with Gasteiger partial charge in [0.05, 0.1) is 5.52 Å². The molecule has 88 valence electrons. The summed E-state index contributed by atoms with van der Waals surface area (Å²) >= 11 is 3.47. The molecule has 0 spiro atoms. The Morgan fingerprint density at radius 1 is 1.35 bits per heavy atom. The van der Waals surface area contributed by atoms with Crippen LogP contribution in [-0.4, -0.2) is 15.7 Å². The molecular formula is C13H13BrN2O. The van der Waals surface area contributed by atoms with Gasteiger partial charge in [0.1, 0.15) is 11.5 Å². The summed E-state index contributed by atoms with van der Waals surface area (Å²) in [6.45, 7) is 0. The largest absolute Gasteiger partial charge is 0.302 e. The van der Waals surface area contributed by atoms with Gasteiger partial charge in [-0.15, -0.1) is 0 Å². The fourth-order valence-corrected chi connectivity index (χ4v) is 3.00. The van der Waals surface area contributed by atoms with Gasteiger partial charge in [-0.2, -0.15) is 0 Å². The third-order valence-corrected chi connectivity index (χ3v) is 3.96. The number of pyridine rings is 1. The van der Waals surface area contributed by atoms with Gasteiger partial charge in [-0.1, -0.05) is 12.8 Å². The molecule has 3 rings (SSSR count). The van der Waals surface area contributed by atoms with Crippen LogP contribution < -0.4 is 0 Å². The van der Waals surface area contributed by atoms with Crippen molar-refractivity contribution in [2.24, 2.45) is 0 Å². The molecule has 0 radical (unpaired) electrons. The van der Waals surface area contributed by atoms with Gasteiger partial charge in [0, 0.05) is 16.6 Å². The molecular weight excluding hydrogens is 280 g/mol. The molecule has 1 aliphatic rings. The monoisotopic (exact) mass is 292 g/mol. The van der Waals surface area contributed by atoms with E-state index < -0.39 is 0 Å². The standard InChI is InChI=1S/C13H13BrN2O/c14-10-5-6-12-11(8-17)15-13(16(12)7-10)9-3-1-2-4-9/h5-9H,1-4H2. The predicted molar refractivity (Wildman–Crippen MR) is 69.5 cm³/mol. The number of hydrogen-bond donors (Lipinski definition) is 0. The Hall–Kier alpha value is -1.16. The number of carbonyl (C=O) groups is 1. The number of imidazole rings is 1. The zero-order valence-corrected chi connectivity index (χ0v) is 11.0. The minimum Gasteiger partial charge on any atom is -0.302 e. The molecule has 2 heterocycles. The first-order chi connectivity index (χ1) is 8.29. The van der Waals surface area contributed by atoms with E-state index in [2.05, 4.69) is 25.3 Å². The second-order valence-electron chi connectivity index (χ2n) is 4.56. The van der Waals surface area contributed by atoms with Crippen LogP contribution in [-0.2, 0) is 0 Å². The summed E-state index contributed by atoms with van der Waals surface area (Å²) in [4.78, 5) is 15.6. The first kappa shape index (κ1) is 11.0. The van der Waals surface area contributed by atoms with E-state index in [4.69, 9.17) is 0 Å². The molecule has 1 saturated carbocycles. The maximum atomic E-state index is 11.0. The second kappa shape index (κ2) is 4.26. The third kappa shape index (κ3) is 1.80. The molecule has 0 saturated heterocycles. The van der Waals surface area contributed by atoms with Gasteiger partial charge in [-0.25, -0.2) is 4.98 Å². The average Bonchev–Trinajstić information content (AvgIpc) is 2.94. The number of halogens is 1. The molecule has 0 bridgehead atoms. The molecule has 0 aliphatic heterocycles. The molecule has 0 amide bonds. The molecule has 2 aromatic rings. The Kier molecular flexibility index (Phi) is 2.74. The smallest absolute Gasteiger partial charge is 0.170 e. The van der Waals surface area contributed by atoms with E-state index in [0.717, 1.165) is 22.1 Å². The van der Waals surface area contributed by atoms with Crippen LogP contribution in [0.3, 0.4) is 0 Å². The molecule has 17 heavy (non-hydrogen) atoms. The topological polar surface area (TPSA) is 34.4 Å². The Balaban J connectivity index is 2.22. The van der Waals surface area contributed by atoms with Crippen molar-refractivity contribution in [3.05, 3.63) is 34.3 Å². The maximum absolute atomic E-state index is 11.0. The van der Waals surface area contributed by atoms with Gasteiger partial charge in [-0.3, -0.25) is 4.79 Å².